The number of nitrogens with one attached hydrogen (secondary N) is 1. The van der Waals surface area contributed by atoms with Crippen LogP contribution < -0.4 is 15.0 Å². The number of ether oxygens (including phenoxy) is 1. The Hall–Kier alpha value is -3.29. The van der Waals surface area contributed by atoms with E-state index in [0.29, 0.717) is 29.0 Å². The molecule has 1 aliphatic heterocycles. The molecule has 0 spiro atoms. The van der Waals surface area contributed by atoms with Crippen molar-refractivity contribution in [2.45, 2.75) is 41.6 Å². The molecule has 0 radical (unpaired) electrons. The molecule has 4 atom stereocenters. The Labute approximate surface area is 211 Å². The SMILES string of the molecule is CN(C)CC1(S(=O)(=O)c2cccc(C#N)c2)CNc2cc(N(C(=O)O)C3CC4CCC3C4)ccc2O1. The second kappa shape index (κ2) is 8.98. The van der Waals surface area contributed by atoms with Crippen LogP contribution in [-0.4, -0.2) is 62.7 Å². The second-order valence-corrected chi connectivity index (χ2v) is 12.5. The Kier molecular flexibility index (Phi) is 6.09. The highest BCUT2D eigenvalue weighted by atomic mass is 32.2. The molecule has 36 heavy (non-hydrogen) atoms. The fourth-order valence-electron chi connectivity index (χ4n) is 6.08. The summed E-state index contributed by atoms with van der Waals surface area (Å²) < 4.78 is 33.9. The predicted octanol–water partition coefficient (Wildman–Crippen LogP) is 3.77. The van der Waals surface area contributed by atoms with Crippen LogP contribution in [0.4, 0.5) is 16.2 Å². The molecule has 2 saturated carbocycles. The van der Waals surface area contributed by atoms with Gasteiger partial charge in [-0.05, 0) is 81.6 Å². The van der Waals surface area contributed by atoms with Gasteiger partial charge in [-0.3, -0.25) is 4.90 Å². The summed E-state index contributed by atoms with van der Waals surface area (Å²) >= 11 is 0. The summed E-state index contributed by atoms with van der Waals surface area (Å²) in [5.41, 5.74) is 1.36. The lowest BCUT2D eigenvalue weighted by molar-refractivity contribution is 0.121. The number of hydrogen-bond donors (Lipinski definition) is 2. The standard InChI is InChI=1S/C26H30N4O5S/c1-29(2)16-26(36(33,34)21-5-3-4-18(11-21)14-27)15-28-22-13-20(8-9-24(22)35-26)30(25(31)32)23-12-17-6-7-19(23)10-17/h3-5,8-9,11,13,17,19,23,28H,6-7,10,12,15-16H2,1-2H3,(H,31,32). The molecule has 0 saturated heterocycles. The molecular weight excluding hydrogens is 480 g/mol. The monoisotopic (exact) mass is 510 g/mol. The molecule has 2 N–H and O–H groups in total. The van der Waals surface area contributed by atoms with Gasteiger partial charge in [-0.15, -0.1) is 0 Å². The van der Waals surface area contributed by atoms with Crippen molar-refractivity contribution < 1.29 is 23.1 Å². The van der Waals surface area contributed by atoms with Crippen molar-refractivity contribution in [2.75, 3.05) is 37.4 Å². The largest absolute Gasteiger partial charge is 0.466 e. The normalized spacial score (nSPS) is 26.6. The van der Waals surface area contributed by atoms with Crippen LogP contribution in [0.3, 0.4) is 0 Å². The minimum absolute atomic E-state index is 0.0126. The summed E-state index contributed by atoms with van der Waals surface area (Å²) in [7, 11) is -0.497. The Morgan fingerprint density at radius 1 is 1.22 bits per heavy atom. The second-order valence-electron chi connectivity index (χ2n) is 10.3. The highest BCUT2D eigenvalue weighted by Gasteiger charge is 2.50. The molecule has 2 fully saturated rings. The summed E-state index contributed by atoms with van der Waals surface area (Å²) in [4.78, 5) is 13.8. The quantitative estimate of drug-likeness (QED) is 0.602. The van der Waals surface area contributed by atoms with Crippen LogP contribution in [-0.2, 0) is 9.84 Å². The minimum Gasteiger partial charge on any atom is -0.466 e. The first-order valence-electron chi connectivity index (χ1n) is 12.1. The molecule has 9 nitrogen and oxygen atoms in total. The summed E-state index contributed by atoms with van der Waals surface area (Å²) in [5, 5.41) is 22.5. The summed E-state index contributed by atoms with van der Waals surface area (Å²) in [5.74, 6) is 1.32. The fourth-order valence-corrected chi connectivity index (χ4v) is 7.94. The zero-order valence-electron chi connectivity index (χ0n) is 20.3. The van der Waals surface area contributed by atoms with E-state index < -0.39 is 20.9 Å². The van der Waals surface area contributed by atoms with Crippen LogP contribution in [0.15, 0.2) is 47.4 Å². The van der Waals surface area contributed by atoms with E-state index in [1.165, 1.54) is 23.5 Å². The van der Waals surface area contributed by atoms with Crippen LogP contribution in [0.1, 0.15) is 31.2 Å². The van der Waals surface area contributed by atoms with E-state index in [4.69, 9.17) is 4.74 Å². The Bertz CT molecular complexity index is 1340. The van der Waals surface area contributed by atoms with Gasteiger partial charge in [0, 0.05) is 11.7 Å². The molecule has 190 valence electrons. The molecule has 2 aliphatic carbocycles. The van der Waals surface area contributed by atoms with Gasteiger partial charge in [0.1, 0.15) is 5.75 Å². The van der Waals surface area contributed by atoms with Gasteiger partial charge in [0.15, 0.2) is 0 Å². The molecule has 0 aromatic heterocycles. The number of hydrogen-bond acceptors (Lipinski definition) is 7. The highest BCUT2D eigenvalue weighted by Crippen LogP contribution is 2.48. The topological polar surface area (TPSA) is 123 Å². The van der Waals surface area contributed by atoms with Gasteiger partial charge < -0.3 is 20.1 Å². The van der Waals surface area contributed by atoms with E-state index in [-0.39, 0.29) is 29.6 Å². The van der Waals surface area contributed by atoms with Crippen LogP contribution in [0, 0.1) is 23.2 Å². The number of rotatable bonds is 6. The van der Waals surface area contributed by atoms with Gasteiger partial charge >= 0.3 is 6.09 Å². The third-order valence-electron chi connectivity index (χ3n) is 7.64. The molecule has 2 bridgehead atoms. The van der Waals surface area contributed by atoms with Gasteiger partial charge in [-0.1, -0.05) is 12.5 Å². The van der Waals surface area contributed by atoms with E-state index in [0.717, 1.165) is 19.3 Å². The lowest BCUT2D eigenvalue weighted by Crippen LogP contribution is -2.58. The van der Waals surface area contributed by atoms with Gasteiger partial charge in [0.05, 0.1) is 35.3 Å². The Balaban J connectivity index is 1.49. The van der Waals surface area contributed by atoms with Gasteiger partial charge in [-0.25, -0.2) is 13.2 Å². The van der Waals surface area contributed by atoms with Crippen LogP contribution in [0.2, 0.25) is 0 Å². The van der Waals surface area contributed by atoms with Gasteiger partial charge in [0.25, 0.3) is 0 Å². The summed E-state index contributed by atoms with van der Waals surface area (Å²) in [6, 6.07) is 12.9. The van der Waals surface area contributed by atoms with Crippen molar-refractivity contribution in [1.82, 2.24) is 4.90 Å². The number of nitriles is 1. The maximum absolute atomic E-state index is 13.8. The van der Waals surface area contributed by atoms with Crippen LogP contribution in [0.25, 0.3) is 0 Å². The van der Waals surface area contributed by atoms with Crippen molar-refractivity contribution in [2.24, 2.45) is 11.8 Å². The number of carboxylic acid groups (broad SMARTS) is 1. The van der Waals surface area contributed by atoms with Crippen LogP contribution in [0.5, 0.6) is 5.75 Å². The number of amides is 1. The number of nitrogens with zero attached hydrogens (tertiary/aromatic N) is 3. The zero-order chi connectivity index (χ0) is 25.7. The first kappa shape index (κ1) is 24.4. The van der Waals surface area contributed by atoms with E-state index >= 15 is 0 Å². The number of sulfone groups is 1. The maximum Gasteiger partial charge on any atom is 0.412 e. The van der Waals surface area contributed by atoms with E-state index in [2.05, 4.69) is 5.32 Å². The summed E-state index contributed by atoms with van der Waals surface area (Å²) in [6.07, 6.45) is 3.21. The minimum atomic E-state index is -4.03. The smallest absolute Gasteiger partial charge is 0.412 e. The number of fused-ring (bicyclic) bond motifs is 3. The van der Waals surface area contributed by atoms with Crippen molar-refractivity contribution in [3.8, 4) is 11.8 Å². The van der Waals surface area contributed by atoms with E-state index in [9.17, 15) is 23.6 Å². The number of benzene rings is 2. The number of likely N-dealkylation sites (N-methyl/N-ethyl adjacent to an activating group) is 1. The van der Waals surface area contributed by atoms with Gasteiger partial charge in [0.2, 0.25) is 14.8 Å². The molecule has 5 rings (SSSR count). The predicted molar refractivity (Wildman–Crippen MR) is 135 cm³/mol. The average molecular weight is 511 g/mol. The molecule has 4 unspecified atom stereocenters. The summed E-state index contributed by atoms with van der Waals surface area (Å²) in [6.45, 7) is 0.0364. The molecule has 1 heterocycles. The fraction of sp³-hybridized carbons (Fsp3) is 0.462. The van der Waals surface area contributed by atoms with Crippen molar-refractivity contribution in [3.05, 3.63) is 48.0 Å². The molecule has 10 heteroatoms. The van der Waals surface area contributed by atoms with Crippen molar-refractivity contribution >= 4 is 27.3 Å². The Morgan fingerprint density at radius 2 is 2.03 bits per heavy atom. The molecule has 1 amide bonds. The molecular formula is C26H30N4O5S. The Morgan fingerprint density at radius 3 is 2.67 bits per heavy atom. The first-order valence-corrected chi connectivity index (χ1v) is 13.6. The van der Waals surface area contributed by atoms with Crippen LogP contribution >= 0.6 is 0 Å². The third kappa shape index (κ3) is 4.06. The number of anilines is 2. The van der Waals surface area contributed by atoms with E-state index in [1.807, 2.05) is 6.07 Å². The van der Waals surface area contributed by atoms with E-state index in [1.54, 1.807) is 49.3 Å². The lowest BCUT2D eigenvalue weighted by Gasteiger charge is -2.40. The maximum atomic E-state index is 13.8. The van der Waals surface area contributed by atoms with Gasteiger partial charge in [-0.2, -0.15) is 5.26 Å². The molecule has 2 aromatic rings. The third-order valence-corrected chi connectivity index (χ3v) is 9.86. The lowest BCUT2D eigenvalue weighted by atomic mass is 9.93. The average Bonchev–Trinajstić information content (AvgIpc) is 3.47. The molecule has 2 aromatic carbocycles. The highest BCUT2D eigenvalue weighted by molar-refractivity contribution is 7.92. The van der Waals surface area contributed by atoms with Crippen molar-refractivity contribution in [3.63, 3.8) is 0 Å². The number of carbonyl (C=O) groups is 1. The first-order chi connectivity index (χ1) is 17.1. The molecule has 3 aliphatic rings. The zero-order valence-corrected chi connectivity index (χ0v) is 21.2. The van der Waals surface area contributed by atoms with Crippen molar-refractivity contribution in [1.29, 1.82) is 5.26 Å².